The number of aryl methyl sites for hydroxylation is 1. The molecule has 0 bridgehead atoms. The molecule has 3 aromatic heterocycles. The SMILES string of the molecule is Cn1nccc1[C@@H]1CN(Cc2cccnc2)C[C@]12CCCN(Cc1ccncc1)C2=O. The molecule has 5 heterocycles. The highest BCUT2D eigenvalue weighted by Crippen LogP contribution is 2.49. The van der Waals surface area contributed by atoms with Crippen molar-refractivity contribution in [1.82, 2.24) is 29.5 Å². The molecule has 160 valence electrons. The molecule has 2 atom stereocenters. The Morgan fingerprint density at radius 3 is 2.65 bits per heavy atom. The quantitative estimate of drug-likeness (QED) is 0.640. The van der Waals surface area contributed by atoms with E-state index in [0.717, 1.165) is 50.3 Å². The van der Waals surface area contributed by atoms with Crippen molar-refractivity contribution in [3.63, 3.8) is 0 Å². The second-order valence-corrected chi connectivity index (χ2v) is 8.81. The first kappa shape index (κ1) is 19.9. The van der Waals surface area contributed by atoms with Crippen molar-refractivity contribution >= 4 is 5.91 Å². The number of carbonyl (C=O) groups is 1. The van der Waals surface area contributed by atoms with Crippen molar-refractivity contribution in [2.75, 3.05) is 19.6 Å². The molecule has 1 spiro atoms. The lowest BCUT2D eigenvalue weighted by molar-refractivity contribution is -0.147. The van der Waals surface area contributed by atoms with E-state index in [-0.39, 0.29) is 11.8 Å². The van der Waals surface area contributed by atoms with Crippen LogP contribution in [0.15, 0.2) is 61.3 Å². The van der Waals surface area contributed by atoms with Crippen molar-refractivity contribution in [1.29, 1.82) is 0 Å². The third-order valence-corrected chi connectivity index (χ3v) is 6.85. The van der Waals surface area contributed by atoms with Crippen molar-refractivity contribution < 1.29 is 4.79 Å². The molecule has 0 aromatic carbocycles. The van der Waals surface area contributed by atoms with Gasteiger partial charge in [-0.3, -0.25) is 24.3 Å². The van der Waals surface area contributed by atoms with Gasteiger partial charge in [0.2, 0.25) is 5.91 Å². The van der Waals surface area contributed by atoms with Gasteiger partial charge in [0.05, 0.1) is 5.41 Å². The summed E-state index contributed by atoms with van der Waals surface area (Å²) in [5, 5.41) is 4.42. The summed E-state index contributed by atoms with van der Waals surface area (Å²) in [7, 11) is 1.98. The number of aromatic nitrogens is 4. The van der Waals surface area contributed by atoms with E-state index in [4.69, 9.17) is 0 Å². The van der Waals surface area contributed by atoms with Crippen LogP contribution in [0.1, 0.15) is 35.6 Å². The molecule has 2 aliphatic rings. The number of amides is 1. The molecule has 0 aliphatic carbocycles. The first-order chi connectivity index (χ1) is 15.2. The maximum absolute atomic E-state index is 14.0. The van der Waals surface area contributed by atoms with E-state index in [1.165, 1.54) is 5.56 Å². The number of carbonyl (C=O) groups excluding carboxylic acids is 1. The highest BCUT2D eigenvalue weighted by Gasteiger charge is 2.55. The number of hydrogen-bond acceptors (Lipinski definition) is 5. The van der Waals surface area contributed by atoms with Crippen LogP contribution in [0.25, 0.3) is 0 Å². The lowest BCUT2D eigenvalue weighted by atomic mass is 9.70. The highest BCUT2D eigenvalue weighted by molar-refractivity contribution is 5.85. The third kappa shape index (κ3) is 3.74. The molecule has 0 N–H and O–H groups in total. The van der Waals surface area contributed by atoms with Crippen molar-refractivity contribution in [3.05, 3.63) is 78.1 Å². The zero-order valence-electron chi connectivity index (χ0n) is 17.9. The van der Waals surface area contributed by atoms with Crippen LogP contribution >= 0.6 is 0 Å². The molecule has 0 radical (unpaired) electrons. The Morgan fingerprint density at radius 2 is 1.90 bits per heavy atom. The lowest BCUT2D eigenvalue weighted by Crippen LogP contribution is -2.52. The number of nitrogens with zero attached hydrogens (tertiary/aromatic N) is 6. The molecule has 2 saturated heterocycles. The van der Waals surface area contributed by atoms with Gasteiger partial charge < -0.3 is 4.90 Å². The van der Waals surface area contributed by atoms with Crippen LogP contribution in [0.2, 0.25) is 0 Å². The normalized spacial score (nSPS) is 24.2. The lowest BCUT2D eigenvalue weighted by Gasteiger charge is -2.42. The van der Waals surface area contributed by atoms with Crippen LogP contribution in [0, 0.1) is 5.41 Å². The maximum atomic E-state index is 14.0. The van der Waals surface area contributed by atoms with Crippen LogP contribution in [0.5, 0.6) is 0 Å². The van der Waals surface area contributed by atoms with Crippen LogP contribution in [-0.2, 0) is 24.9 Å². The third-order valence-electron chi connectivity index (χ3n) is 6.85. The van der Waals surface area contributed by atoms with E-state index in [1.807, 2.05) is 42.3 Å². The number of likely N-dealkylation sites (tertiary alicyclic amines) is 2. The van der Waals surface area contributed by atoms with Gasteiger partial charge in [-0.15, -0.1) is 0 Å². The topological polar surface area (TPSA) is 67.2 Å². The van der Waals surface area contributed by atoms with Gasteiger partial charge in [-0.2, -0.15) is 5.10 Å². The summed E-state index contributed by atoms with van der Waals surface area (Å²) in [6, 6.07) is 10.2. The van der Waals surface area contributed by atoms with Gasteiger partial charge in [-0.1, -0.05) is 6.07 Å². The molecule has 7 nitrogen and oxygen atoms in total. The van der Waals surface area contributed by atoms with Crippen molar-refractivity contribution in [2.45, 2.75) is 31.8 Å². The Kier molecular flexibility index (Phi) is 5.28. The fraction of sp³-hybridized carbons (Fsp3) is 0.417. The monoisotopic (exact) mass is 416 g/mol. The molecular formula is C24H28N6O. The first-order valence-electron chi connectivity index (χ1n) is 10.9. The molecule has 3 aromatic rings. The van der Waals surface area contributed by atoms with Crippen LogP contribution in [-0.4, -0.2) is 55.1 Å². The Balaban J connectivity index is 1.45. The minimum absolute atomic E-state index is 0.129. The summed E-state index contributed by atoms with van der Waals surface area (Å²) >= 11 is 0. The minimum Gasteiger partial charge on any atom is -0.338 e. The van der Waals surface area contributed by atoms with Gasteiger partial charge in [0.1, 0.15) is 0 Å². The number of pyridine rings is 2. The van der Waals surface area contributed by atoms with Gasteiger partial charge in [-0.25, -0.2) is 0 Å². The Hall–Kier alpha value is -3.06. The molecule has 1 amide bonds. The molecule has 0 saturated carbocycles. The summed E-state index contributed by atoms with van der Waals surface area (Å²) < 4.78 is 1.94. The van der Waals surface area contributed by atoms with E-state index in [0.29, 0.717) is 6.54 Å². The zero-order chi connectivity index (χ0) is 21.3. The molecule has 0 unspecified atom stereocenters. The smallest absolute Gasteiger partial charge is 0.231 e. The average molecular weight is 417 g/mol. The average Bonchev–Trinajstić information content (AvgIpc) is 3.36. The summed E-state index contributed by atoms with van der Waals surface area (Å²) in [5.41, 5.74) is 3.04. The van der Waals surface area contributed by atoms with E-state index in [1.54, 1.807) is 18.6 Å². The molecule has 2 fully saturated rings. The van der Waals surface area contributed by atoms with Crippen LogP contribution in [0.3, 0.4) is 0 Å². The Morgan fingerprint density at radius 1 is 1.03 bits per heavy atom. The highest BCUT2D eigenvalue weighted by atomic mass is 16.2. The minimum atomic E-state index is -0.415. The first-order valence-corrected chi connectivity index (χ1v) is 10.9. The van der Waals surface area contributed by atoms with Crippen LogP contribution in [0.4, 0.5) is 0 Å². The van der Waals surface area contributed by atoms with E-state index in [2.05, 4.69) is 37.0 Å². The van der Waals surface area contributed by atoms with E-state index in [9.17, 15) is 4.79 Å². The Labute approximate surface area is 182 Å². The summed E-state index contributed by atoms with van der Waals surface area (Å²) in [6.07, 6.45) is 11.1. The predicted octanol–water partition coefficient (Wildman–Crippen LogP) is 2.62. The molecular weight excluding hydrogens is 388 g/mol. The predicted molar refractivity (Wildman–Crippen MR) is 117 cm³/mol. The van der Waals surface area contributed by atoms with Gasteiger partial charge in [-0.05, 0) is 48.2 Å². The van der Waals surface area contributed by atoms with Crippen molar-refractivity contribution in [2.24, 2.45) is 12.5 Å². The van der Waals surface area contributed by atoms with Gasteiger partial charge in [0.15, 0.2) is 0 Å². The fourth-order valence-electron chi connectivity index (χ4n) is 5.42. The molecule has 5 rings (SSSR count). The number of rotatable bonds is 5. The fourth-order valence-corrected chi connectivity index (χ4v) is 5.42. The van der Waals surface area contributed by atoms with Crippen molar-refractivity contribution in [3.8, 4) is 0 Å². The number of hydrogen-bond donors (Lipinski definition) is 0. The van der Waals surface area contributed by atoms with Gasteiger partial charge >= 0.3 is 0 Å². The Bertz CT molecular complexity index is 1040. The maximum Gasteiger partial charge on any atom is 0.231 e. The van der Waals surface area contributed by atoms with E-state index >= 15 is 0 Å². The second kappa shape index (κ2) is 8.23. The van der Waals surface area contributed by atoms with Gasteiger partial charge in [0.25, 0.3) is 0 Å². The van der Waals surface area contributed by atoms with Crippen LogP contribution < -0.4 is 0 Å². The molecule has 2 aliphatic heterocycles. The molecule has 31 heavy (non-hydrogen) atoms. The standard InChI is InChI=1S/C24H28N6O/c1-28-22(7-12-27-28)21-17-29(15-20-4-2-9-26-14-20)18-24(21)8-3-13-30(23(24)31)16-19-5-10-25-11-6-19/h2,4-7,9-12,14,21H,3,8,13,15-18H2,1H3/t21-,24+/m0/s1. The summed E-state index contributed by atoms with van der Waals surface area (Å²) in [5.74, 6) is 0.403. The second-order valence-electron chi connectivity index (χ2n) is 8.81. The van der Waals surface area contributed by atoms with Gasteiger partial charge in [0, 0.05) is 82.4 Å². The summed E-state index contributed by atoms with van der Waals surface area (Å²) in [6.45, 7) is 3.88. The van der Waals surface area contributed by atoms with E-state index < -0.39 is 5.41 Å². The largest absolute Gasteiger partial charge is 0.338 e. The molecule has 7 heteroatoms. The summed E-state index contributed by atoms with van der Waals surface area (Å²) in [4.78, 5) is 26.9. The number of piperidine rings is 1. The zero-order valence-corrected chi connectivity index (χ0v) is 17.9.